The van der Waals surface area contributed by atoms with Crippen molar-refractivity contribution in [2.75, 3.05) is 5.73 Å². The zero-order valence-corrected chi connectivity index (χ0v) is 11.4. The molecule has 1 aromatic carbocycles. The molecular formula is C13H15BrN2. The topological polar surface area (TPSA) is 38.9 Å². The molecule has 0 saturated heterocycles. The maximum absolute atomic E-state index is 6.17. The Morgan fingerprint density at radius 3 is 2.62 bits per heavy atom. The third-order valence-corrected chi connectivity index (χ3v) is 3.43. The van der Waals surface area contributed by atoms with Crippen molar-refractivity contribution in [2.24, 2.45) is 0 Å². The van der Waals surface area contributed by atoms with Crippen molar-refractivity contribution in [3.8, 4) is 0 Å². The lowest BCUT2D eigenvalue weighted by atomic mass is 10.0. The van der Waals surface area contributed by atoms with E-state index in [1.165, 1.54) is 0 Å². The molecule has 0 radical (unpaired) electrons. The van der Waals surface area contributed by atoms with Gasteiger partial charge in [0, 0.05) is 21.2 Å². The summed E-state index contributed by atoms with van der Waals surface area (Å²) in [6.45, 7) is 6.21. The molecular weight excluding hydrogens is 264 g/mol. The number of fused-ring (bicyclic) bond motifs is 1. The maximum Gasteiger partial charge on any atom is 0.0756 e. The highest BCUT2D eigenvalue weighted by atomic mass is 79.9. The van der Waals surface area contributed by atoms with Crippen LogP contribution in [0.25, 0.3) is 10.9 Å². The second kappa shape index (κ2) is 4.06. The van der Waals surface area contributed by atoms with Crippen LogP contribution in [0.5, 0.6) is 0 Å². The number of nitrogens with zero attached hydrogens (tertiary/aromatic N) is 1. The molecule has 0 atom stereocenters. The number of nitrogen functional groups attached to an aromatic ring is 1. The summed E-state index contributed by atoms with van der Waals surface area (Å²) in [5.74, 6) is 0. The van der Waals surface area contributed by atoms with Gasteiger partial charge < -0.3 is 5.73 Å². The molecule has 0 aliphatic rings. The minimum atomic E-state index is 0.853. The first-order valence-electron chi connectivity index (χ1n) is 5.39. The van der Waals surface area contributed by atoms with E-state index in [0.717, 1.165) is 44.3 Å². The Labute approximate surface area is 104 Å². The summed E-state index contributed by atoms with van der Waals surface area (Å²) in [5, 5.41) is 1.04. The third-order valence-electron chi connectivity index (χ3n) is 2.97. The van der Waals surface area contributed by atoms with E-state index in [0.29, 0.717) is 0 Å². The quantitative estimate of drug-likeness (QED) is 0.863. The lowest BCUT2D eigenvalue weighted by Crippen LogP contribution is -2.01. The molecule has 2 aromatic rings. The monoisotopic (exact) mass is 278 g/mol. The van der Waals surface area contributed by atoms with Gasteiger partial charge >= 0.3 is 0 Å². The third kappa shape index (κ3) is 1.69. The Bertz CT molecular complexity index is 562. The number of halogens is 1. The first kappa shape index (κ1) is 11.4. The molecule has 1 aromatic heterocycles. The highest BCUT2D eigenvalue weighted by molar-refractivity contribution is 9.10. The van der Waals surface area contributed by atoms with E-state index in [2.05, 4.69) is 35.8 Å². The molecule has 0 unspecified atom stereocenters. The van der Waals surface area contributed by atoms with Crippen LogP contribution in [-0.2, 0) is 6.42 Å². The predicted molar refractivity (Wildman–Crippen MR) is 72.7 cm³/mol. The van der Waals surface area contributed by atoms with E-state index < -0.39 is 0 Å². The lowest BCUT2D eigenvalue weighted by molar-refractivity contribution is 1.03. The fourth-order valence-corrected chi connectivity index (χ4v) is 2.58. The minimum absolute atomic E-state index is 0.853. The SMILES string of the molecule is CCc1nc2c(C)cc(Br)cc2c(N)c1C. The van der Waals surface area contributed by atoms with Crippen LogP contribution in [0.2, 0.25) is 0 Å². The van der Waals surface area contributed by atoms with Crippen LogP contribution in [-0.4, -0.2) is 4.98 Å². The van der Waals surface area contributed by atoms with Crippen LogP contribution in [0.15, 0.2) is 16.6 Å². The average Bonchev–Trinajstić information content (AvgIpc) is 2.24. The van der Waals surface area contributed by atoms with Crippen LogP contribution >= 0.6 is 15.9 Å². The molecule has 1 heterocycles. The molecule has 3 heteroatoms. The van der Waals surface area contributed by atoms with Gasteiger partial charge in [-0.15, -0.1) is 0 Å². The minimum Gasteiger partial charge on any atom is -0.398 e. The number of anilines is 1. The van der Waals surface area contributed by atoms with Crippen molar-refractivity contribution >= 4 is 32.5 Å². The van der Waals surface area contributed by atoms with Crippen molar-refractivity contribution in [1.29, 1.82) is 0 Å². The number of aromatic nitrogens is 1. The molecule has 0 bridgehead atoms. The Morgan fingerprint density at radius 2 is 2.00 bits per heavy atom. The molecule has 0 amide bonds. The zero-order valence-electron chi connectivity index (χ0n) is 9.76. The summed E-state index contributed by atoms with van der Waals surface area (Å²) in [4.78, 5) is 4.69. The molecule has 2 rings (SSSR count). The smallest absolute Gasteiger partial charge is 0.0756 e. The number of nitrogens with two attached hydrogens (primary N) is 1. The molecule has 0 saturated carbocycles. The van der Waals surface area contributed by atoms with Crippen molar-refractivity contribution in [3.63, 3.8) is 0 Å². The molecule has 2 N–H and O–H groups in total. The van der Waals surface area contributed by atoms with Crippen LogP contribution in [0, 0.1) is 13.8 Å². The van der Waals surface area contributed by atoms with Crippen molar-refractivity contribution < 1.29 is 0 Å². The van der Waals surface area contributed by atoms with Crippen molar-refractivity contribution in [3.05, 3.63) is 33.4 Å². The lowest BCUT2D eigenvalue weighted by Gasteiger charge is -2.12. The first-order valence-corrected chi connectivity index (χ1v) is 6.18. The van der Waals surface area contributed by atoms with Crippen LogP contribution in [0.1, 0.15) is 23.7 Å². The number of pyridine rings is 1. The van der Waals surface area contributed by atoms with Gasteiger partial charge in [-0.3, -0.25) is 4.98 Å². The average molecular weight is 279 g/mol. The second-order valence-electron chi connectivity index (χ2n) is 4.07. The van der Waals surface area contributed by atoms with E-state index in [-0.39, 0.29) is 0 Å². The fraction of sp³-hybridized carbons (Fsp3) is 0.308. The Balaban J connectivity index is 2.92. The highest BCUT2D eigenvalue weighted by Crippen LogP contribution is 2.30. The van der Waals surface area contributed by atoms with Gasteiger partial charge in [-0.2, -0.15) is 0 Å². The van der Waals surface area contributed by atoms with Gasteiger partial charge in [0.25, 0.3) is 0 Å². The van der Waals surface area contributed by atoms with Gasteiger partial charge in [-0.05, 0) is 43.5 Å². The Morgan fingerprint density at radius 1 is 1.31 bits per heavy atom. The van der Waals surface area contributed by atoms with Gasteiger partial charge in [-0.25, -0.2) is 0 Å². The number of rotatable bonds is 1. The first-order chi connectivity index (χ1) is 7.54. The number of hydrogen-bond donors (Lipinski definition) is 1. The zero-order chi connectivity index (χ0) is 11.9. The molecule has 0 aliphatic carbocycles. The molecule has 0 aliphatic heterocycles. The Hall–Kier alpha value is -1.09. The summed E-state index contributed by atoms with van der Waals surface area (Å²) in [5.41, 5.74) is 11.4. The van der Waals surface area contributed by atoms with Gasteiger partial charge in [-0.1, -0.05) is 22.9 Å². The molecule has 0 spiro atoms. The number of benzene rings is 1. The van der Waals surface area contributed by atoms with Gasteiger partial charge in [0.2, 0.25) is 0 Å². The van der Waals surface area contributed by atoms with E-state index in [4.69, 9.17) is 10.7 Å². The van der Waals surface area contributed by atoms with Gasteiger partial charge in [0.15, 0.2) is 0 Å². The standard InChI is InChI=1S/C13H15BrN2/c1-4-11-8(3)12(15)10-6-9(14)5-7(2)13(10)16-11/h5-6H,4H2,1-3H3,(H2,15,16). The van der Waals surface area contributed by atoms with Crippen molar-refractivity contribution in [2.45, 2.75) is 27.2 Å². The molecule has 84 valence electrons. The van der Waals surface area contributed by atoms with Crippen LogP contribution in [0.3, 0.4) is 0 Å². The van der Waals surface area contributed by atoms with E-state index in [1.807, 2.05) is 13.0 Å². The van der Waals surface area contributed by atoms with Crippen molar-refractivity contribution in [1.82, 2.24) is 4.98 Å². The van der Waals surface area contributed by atoms with Crippen LogP contribution in [0.4, 0.5) is 5.69 Å². The van der Waals surface area contributed by atoms with Gasteiger partial charge in [0.1, 0.15) is 0 Å². The van der Waals surface area contributed by atoms with Gasteiger partial charge in [0.05, 0.1) is 5.52 Å². The fourth-order valence-electron chi connectivity index (χ4n) is 2.01. The van der Waals surface area contributed by atoms with E-state index in [9.17, 15) is 0 Å². The predicted octanol–water partition coefficient (Wildman–Crippen LogP) is 3.76. The number of hydrogen-bond acceptors (Lipinski definition) is 2. The summed E-state index contributed by atoms with van der Waals surface area (Å²) in [6.07, 6.45) is 0.918. The van der Waals surface area contributed by atoms with E-state index >= 15 is 0 Å². The summed E-state index contributed by atoms with van der Waals surface area (Å²) >= 11 is 3.49. The number of aryl methyl sites for hydroxylation is 2. The van der Waals surface area contributed by atoms with Crippen LogP contribution < -0.4 is 5.73 Å². The summed E-state index contributed by atoms with van der Waals surface area (Å²) < 4.78 is 1.05. The normalized spacial score (nSPS) is 11.0. The second-order valence-corrected chi connectivity index (χ2v) is 4.99. The maximum atomic E-state index is 6.17. The molecule has 16 heavy (non-hydrogen) atoms. The Kier molecular flexibility index (Phi) is 2.89. The summed E-state index contributed by atoms with van der Waals surface area (Å²) in [7, 11) is 0. The molecule has 2 nitrogen and oxygen atoms in total. The highest BCUT2D eigenvalue weighted by Gasteiger charge is 2.10. The summed E-state index contributed by atoms with van der Waals surface area (Å²) in [6, 6.07) is 4.11. The molecule has 0 fully saturated rings. The largest absolute Gasteiger partial charge is 0.398 e. The van der Waals surface area contributed by atoms with E-state index in [1.54, 1.807) is 0 Å².